The highest BCUT2D eigenvalue weighted by Gasteiger charge is 2.48. The van der Waals surface area contributed by atoms with Gasteiger partial charge >= 0.3 is 15.6 Å². The molecular weight excluding hydrogens is 357 g/mol. The van der Waals surface area contributed by atoms with Crippen LogP contribution < -0.4 is 4.18 Å². The average Bonchev–Trinajstić information content (AvgIpc) is 3.15. The van der Waals surface area contributed by atoms with E-state index in [1.165, 1.54) is 0 Å². The molecule has 0 amide bonds. The van der Waals surface area contributed by atoms with Crippen LogP contribution in [0.1, 0.15) is 12.3 Å². The minimum Gasteiger partial charge on any atom is -0.456 e. The largest absolute Gasteiger partial charge is 0.534 e. The number of benzene rings is 3. The van der Waals surface area contributed by atoms with E-state index in [0.717, 1.165) is 0 Å². The third kappa shape index (κ3) is 2.58. The van der Waals surface area contributed by atoms with Gasteiger partial charge in [-0.15, -0.1) is 0 Å². The number of hydrogen-bond donors (Lipinski definition) is 0. The molecule has 4 rings (SSSR count). The van der Waals surface area contributed by atoms with E-state index in [2.05, 4.69) is 4.18 Å². The summed E-state index contributed by atoms with van der Waals surface area (Å²) < 4.78 is 143. The fourth-order valence-electron chi connectivity index (χ4n) is 2.04. The third-order valence-corrected chi connectivity index (χ3v) is 4.04. The third-order valence-electron chi connectivity index (χ3n) is 3.09. The Morgan fingerprint density at radius 3 is 2.24 bits per heavy atom. The predicted molar refractivity (Wildman–Crippen MR) is 86.8 cm³/mol. The average molecular weight is 375 g/mol. The minimum absolute atomic E-state index is 0.414. The second-order valence-electron chi connectivity index (χ2n) is 4.70. The number of hydrogen-bond acceptors (Lipinski definition) is 4. The standard InChI is InChI=1S/C17H9F3O4S/c18-17(19,20)25(21,22)24-12-5-6-15-14(9-12)13-7-10-3-1-2-4-11(10)8-16(13)23-15/h1-9H/i1D,2D,3D,4D,5D,6D,7D,8D,9D. The molecule has 0 aliphatic heterocycles. The molecule has 0 fully saturated rings. The predicted octanol–water partition coefficient (Wildman–Crippen LogP) is 4.97. The number of rotatable bonds is 2. The second kappa shape index (κ2) is 5.13. The lowest BCUT2D eigenvalue weighted by Crippen LogP contribution is -2.28. The summed E-state index contributed by atoms with van der Waals surface area (Å²) in [5.74, 6) is -1.46. The zero-order valence-corrected chi connectivity index (χ0v) is 12.5. The van der Waals surface area contributed by atoms with Crippen molar-refractivity contribution >= 4 is 42.8 Å². The lowest BCUT2D eigenvalue weighted by atomic mass is 10.1. The van der Waals surface area contributed by atoms with Crippen LogP contribution in [0, 0.1) is 0 Å². The van der Waals surface area contributed by atoms with Crippen molar-refractivity contribution in [3.8, 4) is 5.75 Å². The first kappa shape index (κ1) is 8.57. The van der Waals surface area contributed by atoms with E-state index >= 15 is 0 Å². The molecule has 0 bridgehead atoms. The molecule has 8 heteroatoms. The van der Waals surface area contributed by atoms with Crippen LogP contribution >= 0.6 is 0 Å². The van der Waals surface area contributed by atoms with Crippen molar-refractivity contribution in [2.45, 2.75) is 5.51 Å². The molecular formula is C17H9F3O4S. The molecule has 0 atom stereocenters. The van der Waals surface area contributed by atoms with Gasteiger partial charge in [-0.1, -0.05) is 24.2 Å². The lowest BCUT2D eigenvalue weighted by molar-refractivity contribution is -0.0500. The van der Waals surface area contributed by atoms with Crippen LogP contribution in [-0.2, 0) is 10.1 Å². The molecule has 0 aliphatic rings. The van der Waals surface area contributed by atoms with Gasteiger partial charge in [0, 0.05) is 10.8 Å². The summed E-state index contributed by atoms with van der Waals surface area (Å²) in [6.07, 6.45) is 0. The van der Waals surface area contributed by atoms with E-state index in [-0.39, 0.29) is 0 Å². The Morgan fingerprint density at radius 2 is 1.56 bits per heavy atom. The van der Waals surface area contributed by atoms with Gasteiger partial charge in [-0.05, 0) is 41.0 Å². The van der Waals surface area contributed by atoms with E-state index in [4.69, 9.17) is 16.8 Å². The van der Waals surface area contributed by atoms with Gasteiger partial charge in [0.1, 0.15) is 16.9 Å². The fourth-order valence-corrected chi connectivity index (χ4v) is 2.44. The molecule has 0 spiro atoms. The van der Waals surface area contributed by atoms with Gasteiger partial charge in [0.25, 0.3) is 0 Å². The highest BCUT2D eigenvalue weighted by molar-refractivity contribution is 7.88. The Bertz CT molecular complexity index is 1680. The van der Waals surface area contributed by atoms with E-state index in [1.54, 1.807) is 0 Å². The summed E-state index contributed by atoms with van der Waals surface area (Å²) in [4.78, 5) is 0. The molecule has 0 N–H and O–H groups in total. The van der Waals surface area contributed by atoms with Crippen molar-refractivity contribution < 1.29 is 42.5 Å². The van der Waals surface area contributed by atoms with Crippen molar-refractivity contribution in [3.63, 3.8) is 0 Å². The number of alkyl halides is 3. The van der Waals surface area contributed by atoms with Gasteiger partial charge in [-0.2, -0.15) is 21.6 Å². The molecule has 4 aromatic rings. The van der Waals surface area contributed by atoms with E-state index in [9.17, 15) is 21.6 Å². The van der Waals surface area contributed by atoms with Crippen molar-refractivity contribution in [3.05, 3.63) is 54.4 Å². The van der Waals surface area contributed by atoms with Crippen LogP contribution in [0.2, 0.25) is 0 Å². The molecule has 25 heavy (non-hydrogen) atoms. The summed E-state index contributed by atoms with van der Waals surface area (Å²) in [5.41, 5.74) is -7.10. The molecule has 0 aliphatic carbocycles. The zero-order valence-electron chi connectivity index (χ0n) is 20.7. The van der Waals surface area contributed by atoms with Crippen LogP contribution in [0.5, 0.6) is 5.75 Å². The Kier molecular flexibility index (Phi) is 1.76. The molecule has 128 valence electrons. The lowest BCUT2D eigenvalue weighted by Gasteiger charge is -2.09. The van der Waals surface area contributed by atoms with E-state index in [1.807, 2.05) is 0 Å². The molecule has 0 saturated heterocycles. The Morgan fingerprint density at radius 1 is 0.920 bits per heavy atom. The number of fused-ring (bicyclic) bond motifs is 4. The normalized spacial score (nSPS) is 18.0. The molecule has 0 saturated carbocycles. The maximum Gasteiger partial charge on any atom is 0.534 e. The highest BCUT2D eigenvalue weighted by atomic mass is 32.2. The Labute approximate surface area is 152 Å². The molecule has 3 aromatic carbocycles. The molecule has 0 unspecified atom stereocenters. The second-order valence-corrected chi connectivity index (χ2v) is 6.24. The van der Waals surface area contributed by atoms with Crippen LogP contribution in [0.4, 0.5) is 13.2 Å². The fraction of sp³-hybridized carbons (Fsp3) is 0.0588. The van der Waals surface area contributed by atoms with Gasteiger partial charge in [0.2, 0.25) is 0 Å². The summed E-state index contributed by atoms with van der Waals surface area (Å²) in [5, 5.41) is -2.00. The van der Waals surface area contributed by atoms with Crippen LogP contribution in [0.3, 0.4) is 0 Å². The van der Waals surface area contributed by atoms with Crippen molar-refractivity contribution in [2.24, 2.45) is 0 Å². The quantitative estimate of drug-likeness (QED) is 0.367. The first-order chi connectivity index (χ1) is 15.5. The maximum absolute atomic E-state index is 12.8. The Balaban J connectivity index is 2.25. The number of halogens is 3. The number of furan rings is 1. The van der Waals surface area contributed by atoms with Gasteiger partial charge in [0.15, 0.2) is 0 Å². The van der Waals surface area contributed by atoms with E-state index in [0.29, 0.717) is 0 Å². The van der Waals surface area contributed by atoms with Gasteiger partial charge in [-0.3, -0.25) is 0 Å². The summed E-state index contributed by atoms with van der Waals surface area (Å²) >= 11 is 0. The van der Waals surface area contributed by atoms with E-state index < -0.39 is 108 Å². The molecule has 0 radical (unpaired) electrons. The van der Waals surface area contributed by atoms with Gasteiger partial charge < -0.3 is 8.60 Å². The zero-order chi connectivity index (χ0) is 25.7. The minimum atomic E-state index is -6.33. The van der Waals surface area contributed by atoms with Crippen molar-refractivity contribution in [1.29, 1.82) is 0 Å². The highest BCUT2D eigenvalue weighted by Crippen LogP contribution is 2.35. The van der Waals surface area contributed by atoms with Crippen molar-refractivity contribution in [1.82, 2.24) is 0 Å². The summed E-state index contributed by atoms with van der Waals surface area (Å²) in [7, 11) is -6.33. The molecule has 4 nitrogen and oxygen atoms in total. The van der Waals surface area contributed by atoms with Crippen LogP contribution in [0.25, 0.3) is 32.7 Å². The summed E-state index contributed by atoms with van der Waals surface area (Å²) in [6.45, 7) is 0. The molecule has 1 aromatic heterocycles. The molecule has 1 heterocycles. The topological polar surface area (TPSA) is 56.5 Å². The SMILES string of the molecule is [2H]c1c(OS(=O)(=O)C(F)(F)F)c([2H])c2c(oc3c([2H])c4c([2H])c([2H])c([2H])c([2H])c4c([2H])c32)c1[2H]. The summed E-state index contributed by atoms with van der Waals surface area (Å²) in [6, 6.07) is -7.60. The maximum atomic E-state index is 12.8. The smallest absolute Gasteiger partial charge is 0.456 e. The first-order valence-corrected chi connectivity index (χ1v) is 7.79. The Hall–Kier alpha value is -2.74. The van der Waals surface area contributed by atoms with Crippen LogP contribution in [-0.4, -0.2) is 13.9 Å². The van der Waals surface area contributed by atoms with Crippen molar-refractivity contribution in [2.75, 3.05) is 0 Å². The van der Waals surface area contributed by atoms with Gasteiger partial charge in [0.05, 0.1) is 12.3 Å². The first-order valence-electron chi connectivity index (χ1n) is 10.9. The monoisotopic (exact) mass is 375 g/mol. The van der Waals surface area contributed by atoms with Gasteiger partial charge in [-0.25, -0.2) is 0 Å². The van der Waals surface area contributed by atoms with Crippen LogP contribution in [0.15, 0.2) is 58.8 Å².